The summed E-state index contributed by atoms with van der Waals surface area (Å²) < 4.78 is 0. The van der Waals surface area contributed by atoms with Crippen LogP contribution >= 0.6 is 0 Å². The van der Waals surface area contributed by atoms with Crippen molar-refractivity contribution < 1.29 is 4.79 Å². The molecule has 0 aliphatic carbocycles. The van der Waals surface area contributed by atoms with Gasteiger partial charge in [-0.05, 0) is 38.0 Å². The van der Waals surface area contributed by atoms with E-state index < -0.39 is 0 Å². The molecule has 0 saturated carbocycles. The van der Waals surface area contributed by atoms with Gasteiger partial charge in [0, 0.05) is 31.3 Å². The quantitative estimate of drug-likeness (QED) is 0.706. The molecule has 0 spiro atoms. The third kappa shape index (κ3) is 3.77. The first-order valence-electron chi connectivity index (χ1n) is 8.65. The lowest BCUT2D eigenvalue weighted by molar-refractivity contribution is 0.0710. The van der Waals surface area contributed by atoms with Crippen molar-refractivity contribution in [2.75, 3.05) is 6.54 Å². The van der Waals surface area contributed by atoms with Crippen LogP contribution in [-0.2, 0) is 0 Å². The van der Waals surface area contributed by atoms with Crippen LogP contribution < -0.4 is 0 Å². The van der Waals surface area contributed by atoms with E-state index in [0.717, 1.165) is 22.3 Å². The summed E-state index contributed by atoms with van der Waals surface area (Å²) >= 11 is 0. The molecule has 0 saturated heterocycles. The summed E-state index contributed by atoms with van der Waals surface area (Å²) in [5.74, 6) is -0.145. The van der Waals surface area contributed by atoms with E-state index >= 15 is 0 Å². The van der Waals surface area contributed by atoms with Crippen molar-refractivity contribution in [3.05, 3.63) is 89.3 Å². The fourth-order valence-electron chi connectivity index (χ4n) is 3.26. The van der Waals surface area contributed by atoms with Gasteiger partial charge in [0.2, 0.25) is 0 Å². The minimum atomic E-state index is -0.234. The van der Waals surface area contributed by atoms with Crippen LogP contribution in [0.2, 0.25) is 0 Å². The molecular weight excluding hydrogens is 324 g/mol. The molecule has 0 aliphatic heterocycles. The van der Waals surface area contributed by atoms with E-state index in [0.29, 0.717) is 12.2 Å². The van der Waals surface area contributed by atoms with Gasteiger partial charge in [0.05, 0.1) is 12.2 Å². The van der Waals surface area contributed by atoms with Crippen LogP contribution in [0.25, 0.3) is 0 Å². The number of nitrogens with zero attached hydrogens (tertiary/aromatic N) is 4. The molecule has 132 valence electrons. The highest BCUT2D eigenvalue weighted by Crippen LogP contribution is 2.30. The Bertz CT molecular complexity index is 861. The average Bonchev–Trinajstić information content (AvgIpc) is 2.66. The average molecular weight is 346 g/mol. The van der Waals surface area contributed by atoms with Crippen LogP contribution in [0.15, 0.2) is 61.3 Å². The number of rotatable bonds is 5. The van der Waals surface area contributed by atoms with Gasteiger partial charge < -0.3 is 4.90 Å². The van der Waals surface area contributed by atoms with Gasteiger partial charge in [0.15, 0.2) is 0 Å². The molecule has 0 aliphatic rings. The van der Waals surface area contributed by atoms with E-state index in [4.69, 9.17) is 0 Å². The summed E-state index contributed by atoms with van der Waals surface area (Å²) in [6.45, 7) is 6.65. The number of amides is 1. The van der Waals surface area contributed by atoms with Gasteiger partial charge >= 0.3 is 0 Å². The molecule has 5 heteroatoms. The molecule has 2 heterocycles. The van der Waals surface area contributed by atoms with E-state index in [9.17, 15) is 4.79 Å². The summed E-state index contributed by atoms with van der Waals surface area (Å²) in [6, 6.07) is 10.0. The SMILES string of the molecule is CCN(C(=O)c1cnccn1)[C@@H](c1cccnc1)c1cc(C)cc(C)c1. The maximum Gasteiger partial charge on any atom is 0.274 e. The Kier molecular flexibility index (Phi) is 5.37. The van der Waals surface area contributed by atoms with Crippen molar-refractivity contribution in [1.82, 2.24) is 19.9 Å². The highest BCUT2D eigenvalue weighted by molar-refractivity contribution is 5.92. The van der Waals surface area contributed by atoms with Gasteiger partial charge in [-0.2, -0.15) is 0 Å². The molecule has 0 radical (unpaired) electrons. The standard InChI is InChI=1S/C21H22N4O/c1-4-25(21(26)19-14-23-8-9-24-19)20(17-6-5-7-22-13-17)18-11-15(2)10-16(3)12-18/h5-14,20H,4H2,1-3H3/t20-/m0/s1. The predicted molar refractivity (Wildman–Crippen MR) is 101 cm³/mol. The van der Waals surface area contributed by atoms with Crippen LogP contribution in [0.4, 0.5) is 0 Å². The molecule has 0 bridgehead atoms. The minimum Gasteiger partial charge on any atom is -0.326 e. The summed E-state index contributed by atoms with van der Waals surface area (Å²) in [5, 5.41) is 0. The molecule has 3 rings (SSSR count). The molecule has 2 aromatic heterocycles. The first-order chi connectivity index (χ1) is 12.6. The Morgan fingerprint density at radius 3 is 2.31 bits per heavy atom. The minimum absolute atomic E-state index is 0.145. The van der Waals surface area contributed by atoms with Crippen LogP contribution in [0.5, 0.6) is 0 Å². The van der Waals surface area contributed by atoms with E-state index in [2.05, 4.69) is 47.0 Å². The van der Waals surface area contributed by atoms with Gasteiger partial charge in [-0.3, -0.25) is 14.8 Å². The predicted octanol–water partition coefficient (Wildman–Crippen LogP) is 3.74. The van der Waals surface area contributed by atoms with Crippen molar-refractivity contribution in [1.29, 1.82) is 0 Å². The number of benzene rings is 1. The van der Waals surface area contributed by atoms with Gasteiger partial charge in [-0.15, -0.1) is 0 Å². The van der Waals surface area contributed by atoms with Crippen LogP contribution in [-0.4, -0.2) is 32.3 Å². The molecule has 0 N–H and O–H groups in total. The first-order valence-corrected chi connectivity index (χ1v) is 8.65. The Hall–Kier alpha value is -3.08. The normalized spacial score (nSPS) is 11.8. The number of pyridine rings is 1. The van der Waals surface area contributed by atoms with Crippen LogP contribution in [0, 0.1) is 13.8 Å². The van der Waals surface area contributed by atoms with E-state index in [1.165, 1.54) is 12.4 Å². The molecule has 0 fully saturated rings. The number of aromatic nitrogens is 3. The molecule has 1 amide bonds. The molecule has 5 nitrogen and oxygen atoms in total. The largest absolute Gasteiger partial charge is 0.326 e. The van der Waals surface area contributed by atoms with Crippen LogP contribution in [0.1, 0.15) is 45.7 Å². The second-order valence-corrected chi connectivity index (χ2v) is 6.29. The van der Waals surface area contributed by atoms with Crippen LogP contribution in [0.3, 0.4) is 0 Å². The lowest BCUT2D eigenvalue weighted by atomic mass is 9.95. The molecule has 1 atom stereocenters. The maximum absolute atomic E-state index is 13.1. The molecule has 3 aromatic rings. The Balaban J connectivity index is 2.11. The van der Waals surface area contributed by atoms with E-state index in [1.54, 1.807) is 12.4 Å². The summed E-state index contributed by atoms with van der Waals surface area (Å²) in [7, 11) is 0. The third-order valence-corrected chi connectivity index (χ3v) is 4.26. The second-order valence-electron chi connectivity index (χ2n) is 6.29. The van der Waals surface area contributed by atoms with Crippen molar-refractivity contribution >= 4 is 5.91 Å². The fraction of sp³-hybridized carbons (Fsp3) is 0.238. The zero-order valence-electron chi connectivity index (χ0n) is 15.3. The number of carbonyl (C=O) groups is 1. The lowest BCUT2D eigenvalue weighted by Gasteiger charge is -2.31. The fourth-order valence-corrected chi connectivity index (χ4v) is 3.26. The zero-order chi connectivity index (χ0) is 18.5. The number of carbonyl (C=O) groups excluding carboxylic acids is 1. The molecule has 1 aromatic carbocycles. The van der Waals surface area contributed by atoms with E-state index in [-0.39, 0.29) is 11.9 Å². The number of hydrogen-bond donors (Lipinski definition) is 0. The van der Waals surface area contributed by atoms with Crippen molar-refractivity contribution in [2.24, 2.45) is 0 Å². The van der Waals surface area contributed by atoms with Crippen molar-refractivity contribution in [3.63, 3.8) is 0 Å². The number of hydrogen-bond acceptors (Lipinski definition) is 4. The topological polar surface area (TPSA) is 59.0 Å². The smallest absolute Gasteiger partial charge is 0.274 e. The maximum atomic E-state index is 13.1. The second kappa shape index (κ2) is 7.87. The van der Waals surface area contributed by atoms with E-state index in [1.807, 2.05) is 30.2 Å². The van der Waals surface area contributed by atoms with Crippen molar-refractivity contribution in [3.8, 4) is 0 Å². The highest BCUT2D eigenvalue weighted by atomic mass is 16.2. The Morgan fingerprint density at radius 2 is 1.73 bits per heavy atom. The van der Waals surface area contributed by atoms with Crippen molar-refractivity contribution in [2.45, 2.75) is 26.8 Å². The molecule has 26 heavy (non-hydrogen) atoms. The highest BCUT2D eigenvalue weighted by Gasteiger charge is 2.27. The first kappa shape index (κ1) is 17.7. The monoisotopic (exact) mass is 346 g/mol. The molecule has 0 unspecified atom stereocenters. The zero-order valence-corrected chi connectivity index (χ0v) is 15.3. The van der Waals surface area contributed by atoms with Gasteiger partial charge in [0.1, 0.15) is 5.69 Å². The Labute approximate surface area is 153 Å². The van der Waals surface area contributed by atoms with Gasteiger partial charge in [-0.1, -0.05) is 35.4 Å². The molecular formula is C21H22N4O. The summed E-state index contributed by atoms with van der Waals surface area (Å²) in [6.07, 6.45) is 8.16. The van der Waals surface area contributed by atoms with Gasteiger partial charge in [-0.25, -0.2) is 4.98 Å². The van der Waals surface area contributed by atoms with Gasteiger partial charge in [0.25, 0.3) is 5.91 Å². The summed E-state index contributed by atoms with van der Waals surface area (Å²) in [4.78, 5) is 27.4. The summed E-state index contributed by atoms with van der Waals surface area (Å²) in [5.41, 5.74) is 4.70. The lowest BCUT2D eigenvalue weighted by Crippen LogP contribution is -2.36. The number of aryl methyl sites for hydroxylation is 2. The third-order valence-electron chi connectivity index (χ3n) is 4.26. The Morgan fingerprint density at radius 1 is 1.00 bits per heavy atom.